The normalized spacial score (nSPS) is 22.3. The highest BCUT2D eigenvalue weighted by Crippen LogP contribution is 2.25. The van der Waals surface area contributed by atoms with Gasteiger partial charge in [0.2, 0.25) is 5.88 Å². The van der Waals surface area contributed by atoms with Gasteiger partial charge in [-0.15, -0.1) is 0 Å². The summed E-state index contributed by atoms with van der Waals surface area (Å²) in [6.07, 6.45) is 5.18. The number of aromatic nitrogens is 1. The van der Waals surface area contributed by atoms with Crippen molar-refractivity contribution in [2.24, 2.45) is 0 Å². The summed E-state index contributed by atoms with van der Waals surface area (Å²) in [7, 11) is 2.12. The lowest BCUT2D eigenvalue weighted by Gasteiger charge is -2.22. The second kappa shape index (κ2) is 5.78. The average Bonchev–Trinajstić information content (AvgIpc) is 2.89. The Kier molecular flexibility index (Phi) is 3.86. The van der Waals surface area contributed by atoms with Gasteiger partial charge in [0.25, 0.3) is 0 Å². The van der Waals surface area contributed by atoms with Crippen LogP contribution in [-0.2, 0) is 13.0 Å². The molecule has 0 bridgehead atoms. The SMILES string of the molecule is CN1CCC[C@H]1COc1ncc2c(c1C#N)CNCC2. The third-order valence-electron chi connectivity index (χ3n) is 4.31. The Balaban J connectivity index is 1.77. The number of fused-ring (bicyclic) bond motifs is 1. The number of likely N-dealkylation sites (N-methyl/N-ethyl adjacent to an activating group) is 1. The first-order chi connectivity index (χ1) is 9.79. The van der Waals surface area contributed by atoms with Gasteiger partial charge in [0.05, 0.1) is 0 Å². The van der Waals surface area contributed by atoms with E-state index in [1.54, 1.807) is 0 Å². The molecule has 3 rings (SSSR count). The zero-order valence-corrected chi connectivity index (χ0v) is 11.9. The van der Waals surface area contributed by atoms with Gasteiger partial charge in [-0.2, -0.15) is 5.26 Å². The number of hydrogen-bond acceptors (Lipinski definition) is 5. The van der Waals surface area contributed by atoms with Crippen molar-refractivity contribution in [3.05, 3.63) is 22.9 Å². The maximum absolute atomic E-state index is 9.41. The summed E-state index contributed by atoms with van der Waals surface area (Å²) in [5.74, 6) is 0.496. The number of pyridine rings is 1. The average molecular weight is 272 g/mol. The van der Waals surface area contributed by atoms with Crippen molar-refractivity contribution >= 4 is 0 Å². The minimum atomic E-state index is 0.442. The smallest absolute Gasteiger partial charge is 0.232 e. The zero-order chi connectivity index (χ0) is 13.9. The van der Waals surface area contributed by atoms with Crippen LogP contribution in [0.1, 0.15) is 29.5 Å². The van der Waals surface area contributed by atoms with E-state index in [-0.39, 0.29) is 0 Å². The molecular formula is C15H20N4O. The molecule has 1 saturated heterocycles. The molecular weight excluding hydrogens is 252 g/mol. The lowest BCUT2D eigenvalue weighted by Crippen LogP contribution is -2.31. The number of nitrogens with one attached hydrogen (secondary N) is 1. The van der Waals surface area contributed by atoms with Gasteiger partial charge < -0.3 is 15.0 Å². The lowest BCUT2D eigenvalue weighted by molar-refractivity contribution is 0.192. The molecule has 5 nitrogen and oxygen atoms in total. The van der Waals surface area contributed by atoms with Crippen LogP contribution in [0.2, 0.25) is 0 Å². The summed E-state index contributed by atoms with van der Waals surface area (Å²) in [5, 5.41) is 12.7. The van der Waals surface area contributed by atoms with Gasteiger partial charge in [0, 0.05) is 18.8 Å². The van der Waals surface area contributed by atoms with Gasteiger partial charge in [-0.05, 0) is 50.5 Å². The van der Waals surface area contributed by atoms with Crippen LogP contribution in [0.15, 0.2) is 6.20 Å². The molecule has 2 aliphatic heterocycles. The maximum atomic E-state index is 9.41. The second-order valence-electron chi connectivity index (χ2n) is 5.57. The van der Waals surface area contributed by atoms with Crippen molar-refractivity contribution in [2.75, 3.05) is 26.7 Å². The summed E-state index contributed by atoms with van der Waals surface area (Å²) < 4.78 is 5.85. The van der Waals surface area contributed by atoms with Crippen molar-refractivity contribution in [3.8, 4) is 11.9 Å². The van der Waals surface area contributed by atoms with Crippen LogP contribution in [-0.4, -0.2) is 42.7 Å². The molecule has 0 unspecified atom stereocenters. The Morgan fingerprint density at radius 1 is 1.60 bits per heavy atom. The van der Waals surface area contributed by atoms with Crippen molar-refractivity contribution in [2.45, 2.75) is 31.8 Å². The zero-order valence-electron chi connectivity index (χ0n) is 11.9. The molecule has 0 radical (unpaired) electrons. The van der Waals surface area contributed by atoms with Crippen molar-refractivity contribution in [1.29, 1.82) is 5.26 Å². The first-order valence-electron chi connectivity index (χ1n) is 7.24. The van der Waals surface area contributed by atoms with E-state index in [4.69, 9.17) is 4.74 Å². The Labute approximate surface area is 119 Å². The van der Waals surface area contributed by atoms with E-state index in [1.807, 2.05) is 6.20 Å². The minimum absolute atomic E-state index is 0.442. The molecule has 0 aliphatic carbocycles. The fourth-order valence-electron chi connectivity index (χ4n) is 3.01. The van der Waals surface area contributed by atoms with Crippen molar-refractivity contribution in [3.63, 3.8) is 0 Å². The Bertz CT molecular complexity index is 537. The molecule has 1 aromatic heterocycles. The van der Waals surface area contributed by atoms with E-state index in [0.717, 1.165) is 38.0 Å². The largest absolute Gasteiger partial charge is 0.475 e. The minimum Gasteiger partial charge on any atom is -0.475 e. The molecule has 1 fully saturated rings. The number of ether oxygens (including phenoxy) is 1. The quantitative estimate of drug-likeness (QED) is 0.892. The van der Waals surface area contributed by atoms with E-state index < -0.39 is 0 Å². The maximum Gasteiger partial charge on any atom is 0.232 e. The molecule has 1 atom stereocenters. The van der Waals surface area contributed by atoms with Crippen molar-refractivity contribution < 1.29 is 4.74 Å². The van der Waals surface area contributed by atoms with E-state index in [9.17, 15) is 5.26 Å². The topological polar surface area (TPSA) is 61.2 Å². The van der Waals surface area contributed by atoms with Gasteiger partial charge in [0.1, 0.15) is 18.2 Å². The predicted molar refractivity (Wildman–Crippen MR) is 75.5 cm³/mol. The van der Waals surface area contributed by atoms with Crippen LogP contribution in [0.5, 0.6) is 5.88 Å². The fourth-order valence-corrected chi connectivity index (χ4v) is 3.01. The molecule has 5 heteroatoms. The van der Waals surface area contributed by atoms with E-state index >= 15 is 0 Å². The molecule has 0 amide bonds. The Morgan fingerprint density at radius 3 is 3.25 bits per heavy atom. The molecule has 1 N–H and O–H groups in total. The number of rotatable bonds is 3. The van der Waals surface area contributed by atoms with Crippen LogP contribution in [0.25, 0.3) is 0 Å². The highest BCUT2D eigenvalue weighted by atomic mass is 16.5. The van der Waals surface area contributed by atoms with Gasteiger partial charge in [-0.1, -0.05) is 0 Å². The van der Waals surface area contributed by atoms with Crippen LogP contribution in [0.3, 0.4) is 0 Å². The Morgan fingerprint density at radius 2 is 2.50 bits per heavy atom. The summed E-state index contributed by atoms with van der Waals surface area (Å²) >= 11 is 0. The van der Waals surface area contributed by atoms with E-state index in [1.165, 1.54) is 12.0 Å². The summed E-state index contributed by atoms with van der Waals surface area (Å²) in [4.78, 5) is 6.67. The number of hydrogen-bond donors (Lipinski definition) is 1. The number of likely N-dealkylation sites (tertiary alicyclic amines) is 1. The van der Waals surface area contributed by atoms with E-state index in [0.29, 0.717) is 24.1 Å². The lowest BCUT2D eigenvalue weighted by atomic mass is 9.99. The first kappa shape index (κ1) is 13.3. The molecule has 0 aromatic carbocycles. The molecule has 0 spiro atoms. The van der Waals surface area contributed by atoms with Gasteiger partial charge in [0.15, 0.2) is 0 Å². The molecule has 20 heavy (non-hydrogen) atoms. The third-order valence-corrected chi connectivity index (χ3v) is 4.31. The van der Waals surface area contributed by atoms with Gasteiger partial charge >= 0.3 is 0 Å². The highest BCUT2D eigenvalue weighted by molar-refractivity contribution is 5.49. The van der Waals surface area contributed by atoms with Crippen LogP contribution in [0, 0.1) is 11.3 Å². The fraction of sp³-hybridized carbons (Fsp3) is 0.600. The first-order valence-corrected chi connectivity index (χ1v) is 7.24. The van der Waals surface area contributed by atoms with Gasteiger partial charge in [-0.25, -0.2) is 4.98 Å². The summed E-state index contributed by atoms with van der Waals surface area (Å²) in [5.41, 5.74) is 2.84. The molecule has 106 valence electrons. The van der Waals surface area contributed by atoms with Crippen LogP contribution in [0.4, 0.5) is 0 Å². The van der Waals surface area contributed by atoms with Crippen LogP contribution >= 0.6 is 0 Å². The summed E-state index contributed by atoms with van der Waals surface area (Å²) in [6, 6.07) is 2.71. The molecule has 2 aliphatic rings. The number of nitriles is 1. The monoisotopic (exact) mass is 272 g/mol. The standard InChI is InChI=1S/C15H20N4O/c1-19-6-2-3-12(19)10-20-15-13(7-16)14-9-17-5-4-11(14)8-18-15/h8,12,17H,2-6,9-10H2,1H3/t12-/m0/s1. The van der Waals surface area contributed by atoms with E-state index in [2.05, 4.69) is 28.3 Å². The molecule has 0 saturated carbocycles. The molecule has 3 heterocycles. The van der Waals surface area contributed by atoms with Gasteiger partial charge in [-0.3, -0.25) is 0 Å². The molecule has 1 aromatic rings. The van der Waals surface area contributed by atoms with Crippen molar-refractivity contribution in [1.82, 2.24) is 15.2 Å². The third kappa shape index (κ3) is 2.49. The number of nitrogens with zero attached hydrogens (tertiary/aromatic N) is 3. The second-order valence-corrected chi connectivity index (χ2v) is 5.57. The highest BCUT2D eigenvalue weighted by Gasteiger charge is 2.23. The Hall–Kier alpha value is -1.64. The van der Waals surface area contributed by atoms with Crippen LogP contribution < -0.4 is 10.1 Å². The predicted octanol–water partition coefficient (Wildman–Crippen LogP) is 1.07. The summed E-state index contributed by atoms with van der Waals surface area (Å²) in [6.45, 7) is 3.43.